The van der Waals surface area contributed by atoms with Gasteiger partial charge in [-0.3, -0.25) is 4.57 Å². The first-order chi connectivity index (χ1) is 7.11. The predicted octanol–water partition coefficient (Wildman–Crippen LogP) is 2.21. The third kappa shape index (κ3) is 1.73. The second kappa shape index (κ2) is 3.84. The van der Waals surface area contributed by atoms with Gasteiger partial charge in [-0.15, -0.1) is 0 Å². The van der Waals surface area contributed by atoms with Crippen LogP contribution < -0.4 is 5.73 Å². The molecule has 0 aliphatic rings. The standard InChI is InChI=1S/C7H4Cl3N5/c8-4(9)5(10)15-2-14-3-6(11)12-1-13-7(3)15/h1-2H,(H2,11,12,13). The Labute approximate surface area is 99.5 Å². The van der Waals surface area contributed by atoms with Gasteiger partial charge in [0, 0.05) is 0 Å². The van der Waals surface area contributed by atoms with Crippen LogP contribution in [0.15, 0.2) is 17.1 Å². The molecule has 0 aliphatic carbocycles. The second-order valence-electron chi connectivity index (χ2n) is 2.60. The van der Waals surface area contributed by atoms with Gasteiger partial charge in [0.1, 0.15) is 22.3 Å². The van der Waals surface area contributed by atoms with Crippen LogP contribution in [0.5, 0.6) is 0 Å². The molecule has 0 amide bonds. The van der Waals surface area contributed by atoms with Crippen LogP contribution in [-0.2, 0) is 0 Å². The van der Waals surface area contributed by atoms with Gasteiger partial charge in [-0.05, 0) is 0 Å². The van der Waals surface area contributed by atoms with Crippen LogP contribution in [0.1, 0.15) is 0 Å². The number of nitrogen functional groups attached to an aromatic ring is 1. The maximum atomic E-state index is 5.85. The van der Waals surface area contributed by atoms with Gasteiger partial charge >= 0.3 is 0 Å². The van der Waals surface area contributed by atoms with E-state index in [0.29, 0.717) is 11.2 Å². The fourth-order valence-corrected chi connectivity index (χ4v) is 1.39. The number of fused-ring (bicyclic) bond motifs is 1. The van der Waals surface area contributed by atoms with Crippen LogP contribution in [-0.4, -0.2) is 19.5 Å². The maximum absolute atomic E-state index is 5.85. The highest BCUT2D eigenvalue weighted by molar-refractivity contribution is 6.65. The fourth-order valence-electron chi connectivity index (χ4n) is 1.09. The van der Waals surface area contributed by atoms with Gasteiger partial charge in [0.05, 0.1) is 0 Å². The largest absolute Gasteiger partial charge is 0.382 e. The molecule has 0 saturated heterocycles. The second-order valence-corrected chi connectivity index (χ2v) is 3.90. The Kier molecular flexibility index (Phi) is 2.68. The fraction of sp³-hybridized carbons (Fsp3) is 0. The summed E-state index contributed by atoms with van der Waals surface area (Å²) in [7, 11) is 0. The van der Waals surface area contributed by atoms with Crippen molar-refractivity contribution < 1.29 is 0 Å². The average molecular weight is 265 g/mol. The number of hydrogen-bond donors (Lipinski definition) is 1. The van der Waals surface area contributed by atoms with Crippen molar-refractivity contribution in [1.82, 2.24) is 19.5 Å². The molecule has 5 nitrogen and oxygen atoms in total. The van der Waals surface area contributed by atoms with Crippen molar-refractivity contribution in [3.05, 3.63) is 17.1 Å². The Bertz CT molecular complexity index is 543. The number of aromatic nitrogens is 4. The zero-order valence-electron chi connectivity index (χ0n) is 7.15. The molecule has 0 spiro atoms. The van der Waals surface area contributed by atoms with Crippen LogP contribution in [0, 0.1) is 0 Å². The first-order valence-electron chi connectivity index (χ1n) is 3.76. The average Bonchev–Trinajstić information content (AvgIpc) is 2.61. The molecule has 0 bridgehead atoms. The SMILES string of the molecule is Nc1ncnc2c1ncn2C(Cl)=C(Cl)Cl. The maximum Gasteiger partial charge on any atom is 0.170 e. The highest BCUT2D eigenvalue weighted by Gasteiger charge is 2.11. The van der Waals surface area contributed by atoms with Crippen LogP contribution in [0.25, 0.3) is 16.3 Å². The summed E-state index contributed by atoms with van der Waals surface area (Å²) in [6, 6.07) is 0. The molecule has 0 atom stereocenters. The van der Waals surface area contributed by atoms with Crippen molar-refractivity contribution in [2.75, 3.05) is 5.73 Å². The number of nitrogens with zero attached hydrogens (tertiary/aromatic N) is 4. The summed E-state index contributed by atoms with van der Waals surface area (Å²) < 4.78 is 1.35. The van der Waals surface area contributed by atoms with Crippen LogP contribution in [0.3, 0.4) is 0 Å². The lowest BCUT2D eigenvalue weighted by molar-refractivity contribution is 1.11. The first kappa shape index (κ1) is 10.5. The number of nitrogens with two attached hydrogens (primary N) is 1. The van der Waals surface area contributed by atoms with Crippen molar-refractivity contribution in [2.45, 2.75) is 0 Å². The molecular formula is C7H4Cl3N5. The summed E-state index contributed by atoms with van der Waals surface area (Å²) in [5.41, 5.74) is 6.49. The molecular weight excluding hydrogens is 260 g/mol. The minimum atomic E-state index is -0.0758. The topological polar surface area (TPSA) is 69.6 Å². The molecule has 0 aliphatic heterocycles. The summed E-state index contributed by atoms with van der Waals surface area (Å²) in [6.45, 7) is 0. The summed E-state index contributed by atoms with van der Waals surface area (Å²) in [5.74, 6) is 0.272. The van der Waals surface area contributed by atoms with Gasteiger partial charge in [-0.1, -0.05) is 34.8 Å². The summed E-state index contributed by atoms with van der Waals surface area (Å²) in [4.78, 5) is 11.8. The molecule has 15 heavy (non-hydrogen) atoms. The Hall–Kier alpha value is -1.04. The van der Waals surface area contributed by atoms with Crippen molar-refractivity contribution in [3.63, 3.8) is 0 Å². The van der Waals surface area contributed by atoms with Crippen molar-refractivity contribution >= 4 is 56.9 Å². The molecule has 0 fully saturated rings. The first-order valence-corrected chi connectivity index (χ1v) is 4.89. The van der Waals surface area contributed by atoms with E-state index in [1.165, 1.54) is 17.2 Å². The zero-order chi connectivity index (χ0) is 11.0. The quantitative estimate of drug-likeness (QED) is 0.857. The molecule has 0 radical (unpaired) electrons. The van der Waals surface area contributed by atoms with E-state index in [1.807, 2.05) is 0 Å². The normalized spacial score (nSPS) is 10.6. The molecule has 8 heteroatoms. The Balaban J connectivity index is 2.75. The molecule has 78 valence electrons. The Morgan fingerprint density at radius 1 is 1.20 bits per heavy atom. The molecule has 0 unspecified atom stereocenters. The van der Waals surface area contributed by atoms with E-state index in [9.17, 15) is 0 Å². The Morgan fingerprint density at radius 3 is 2.60 bits per heavy atom. The monoisotopic (exact) mass is 263 g/mol. The number of rotatable bonds is 1. The number of hydrogen-bond acceptors (Lipinski definition) is 4. The predicted molar refractivity (Wildman–Crippen MR) is 60.5 cm³/mol. The highest BCUT2D eigenvalue weighted by Crippen LogP contribution is 2.26. The van der Waals surface area contributed by atoms with Gasteiger partial charge in [0.2, 0.25) is 0 Å². The third-order valence-electron chi connectivity index (χ3n) is 1.73. The summed E-state index contributed by atoms with van der Waals surface area (Å²) in [6.07, 6.45) is 2.73. The number of imidazole rings is 1. The van der Waals surface area contributed by atoms with E-state index in [1.54, 1.807) is 0 Å². The molecule has 2 aromatic rings. The van der Waals surface area contributed by atoms with E-state index in [2.05, 4.69) is 15.0 Å². The summed E-state index contributed by atoms with van der Waals surface area (Å²) >= 11 is 17.0. The Morgan fingerprint density at radius 2 is 1.93 bits per heavy atom. The van der Waals surface area contributed by atoms with Crippen molar-refractivity contribution in [3.8, 4) is 0 Å². The highest BCUT2D eigenvalue weighted by atomic mass is 35.5. The lowest BCUT2D eigenvalue weighted by atomic mass is 10.5. The van der Waals surface area contributed by atoms with Gasteiger partial charge in [-0.25, -0.2) is 15.0 Å². The molecule has 2 aromatic heterocycles. The van der Waals surface area contributed by atoms with E-state index in [4.69, 9.17) is 40.5 Å². The zero-order valence-corrected chi connectivity index (χ0v) is 9.42. The van der Waals surface area contributed by atoms with E-state index >= 15 is 0 Å². The van der Waals surface area contributed by atoms with Gasteiger partial charge in [0.15, 0.2) is 17.0 Å². The molecule has 2 rings (SSSR count). The minimum absolute atomic E-state index is 0.0758. The van der Waals surface area contributed by atoms with Crippen molar-refractivity contribution in [2.24, 2.45) is 0 Å². The number of halogens is 3. The van der Waals surface area contributed by atoms with Gasteiger partial charge in [-0.2, -0.15) is 0 Å². The molecule has 0 aromatic carbocycles. The van der Waals surface area contributed by atoms with Crippen LogP contribution in [0.4, 0.5) is 5.82 Å². The van der Waals surface area contributed by atoms with Crippen LogP contribution in [0.2, 0.25) is 0 Å². The number of anilines is 1. The van der Waals surface area contributed by atoms with Gasteiger partial charge in [0.25, 0.3) is 0 Å². The third-order valence-corrected chi connectivity index (χ3v) is 2.65. The van der Waals surface area contributed by atoms with Crippen LogP contribution >= 0.6 is 34.8 Å². The minimum Gasteiger partial charge on any atom is -0.382 e. The van der Waals surface area contributed by atoms with E-state index in [-0.39, 0.29) is 15.5 Å². The van der Waals surface area contributed by atoms with Crippen molar-refractivity contribution in [1.29, 1.82) is 0 Å². The van der Waals surface area contributed by atoms with Gasteiger partial charge < -0.3 is 5.73 Å². The van der Waals surface area contributed by atoms with E-state index in [0.717, 1.165) is 0 Å². The lowest BCUT2D eigenvalue weighted by Gasteiger charge is -2.00. The van der Waals surface area contributed by atoms with E-state index < -0.39 is 0 Å². The molecule has 2 N–H and O–H groups in total. The smallest absolute Gasteiger partial charge is 0.170 e. The summed E-state index contributed by atoms with van der Waals surface area (Å²) in [5, 5.41) is 0.110. The lowest BCUT2D eigenvalue weighted by Crippen LogP contribution is -1.96. The molecule has 2 heterocycles. The molecule has 0 saturated carbocycles.